The molecule has 0 aromatic heterocycles. The highest BCUT2D eigenvalue weighted by Gasteiger charge is 2.25. The van der Waals surface area contributed by atoms with Gasteiger partial charge in [0.1, 0.15) is 12.1 Å². The number of carbonyl (C=O) groups is 4. The number of hydrogen-bond donors (Lipinski definition) is 3. The van der Waals surface area contributed by atoms with Crippen molar-refractivity contribution in [3.8, 4) is 0 Å². The van der Waals surface area contributed by atoms with Gasteiger partial charge < -0.3 is 20.1 Å². The lowest BCUT2D eigenvalue weighted by Gasteiger charge is -2.23. The zero-order chi connectivity index (χ0) is 21.2. The minimum absolute atomic E-state index is 0.117. The molecule has 0 bridgehead atoms. The highest BCUT2D eigenvalue weighted by Crippen LogP contribution is 2.07. The molecule has 0 unspecified atom stereocenters. The molecule has 0 saturated heterocycles. The number of alkyl carbamates (subject to hydrolysis) is 1. The molecule has 0 aliphatic heterocycles. The predicted octanol–water partition coefficient (Wildman–Crippen LogP) is 0.762. The van der Waals surface area contributed by atoms with E-state index in [1.165, 1.54) is 0 Å². The Morgan fingerprint density at radius 2 is 1.59 bits per heavy atom. The Morgan fingerprint density at radius 1 is 1.00 bits per heavy atom. The Labute approximate surface area is 160 Å². The van der Waals surface area contributed by atoms with Crippen molar-refractivity contribution in [1.82, 2.24) is 16.0 Å². The SMILES string of the molecule is CCOC(=O)CNC(=O)[C@@H](NCC(=O)[C@H](C)NC(=O)OC(C)(C)C)C(C)C. The van der Waals surface area contributed by atoms with Crippen molar-refractivity contribution < 1.29 is 28.7 Å². The molecule has 0 heterocycles. The number of ether oxygens (including phenoxy) is 2. The van der Waals surface area contributed by atoms with Crippen molar-refractivity contribution in [1.29, 1.82) is 0 Å². The van der Waals surface area contributed by atoms with E-state index in [9.17, 15) is 19.2 Å². The van der Waals surface area contributed by atoms with Gasteiger partial charge in [-0.1, -0.05) is 13.8 Å². The van der Waals surface area contributed by atoms with Crippen molar-refractivity contribution in [2.75, 3.05) is 19.7 Å². The second kappa shape index (κ2) is 11.5. The largest absolute Gasteiger partial charge is 0.465 e. The van der Waals surface area contributed by atoms with E-state index in [2.05, 4.69) is 16.0 Å². The summed E-state index contributed by atoms with van der Waals surface area (Å²) < 4.78 is 9.86. The van der Waals surface area contributed by atoms with E-state index in [4.69, 9.17) is 9.47 Å². The normalized spacial score (nSPS) is 13.5. The van der Waals surface area contributed by atoms with Gasteiger partial charge in [-0.05, 0) is 40.5 Å². The van der Waals surface area contributed by atoms with Gasteiger partial charge in [0.25, 0.3) is 0 Å². The van der Waals surface area contributed by atoms with E-state index < -0.39 is 35.7 Å². The Hall–Kier alpha value is -2.16. The molecular formula is C18H33N3O6. The van der Waals surface area contributed by atoms with Crippen LogP contribution in [0.1, 0.15) is 48.5 Å². The molecule has 0 aromatic carbocycles. The minimum atomic E-state index is -0.775. The van der Waals surface area contributed by atoms with Crippen molar-refractivity contribution in [2.45, 2.75) is 66.2 Å². The molecule has 9 nitrogen and oxygen atoms in total. The zero-order valence-electron chi connectivity index (χ0n) is 17.3. The lowest BCUT2D eigenvalue weighted by Crippen LogP contribution is -2.52. The van der Waals surface area contributed by atoms with Gasteiger partial charge >= 0.3 is 12.1 Å². The maximum Gasteiger partial charge on any atom is 0.408 e. The van der Waals surface area contributed by atoms with Gasteiger partial charge in [-0.3, -0.25) is 19.7 Å². The summed E-state index contributed by atoms with van der Waals surface area (Å²) >= 11 is 0. The summed E-state index contributed by atoms with van der Waals surface area (Å²) in [7, 11) is 0. The van der Waals surface area contributed by atoms with Gasteiger partial charge in [0.15, 0.2) is 5.78 Å². The van der Waals surface area contributed by atoms with Gasteiger partial charge in [0.2, 0.25) is 5.91 Å². The number of amides is 2. The maximum atomic E-state index is 12.2. The van der Waals surface area contributed by atoms with E-state index >= 15 is 0 Å². The fraction of sp³-hybridized carbons (Fsp3) is 0.778. The van der Waals surface area contributed by atoms with Crippen molar-refractivity contribution >= 4 is 23.8 Å². The first kappa shape index (κ1) is 24.8. The topological polar surface area (TPSA) is 123 Å². The Bertz CT molecular complexity index is 528. The zero-order valence-corrected chi connectivity index (χ0v) is 17.3. The molecule has 156 valence electrons. The first-order valence-electron chi connectivity index (χ1n) is 9.06. The molecule has 0 spiro atoms. The Morgan fingerprint density at radius 3 is 2.07 bits per heavy atom. The molecule has 0 aromatic rings. The minimum Gasteiger partial charge on any atom is -0.465 e. The molecule has 0 rings (SSSR count). The molecule has 0 saturated carbocycles. The van der Waals surface area contributed by atoms with Gasteiger partial charge in [-0.15, -0.1) is 0 Å². The number of rotatable bonds is 10. The molecule has 9 heteroatoms. The third kappa shape index (κ3) is 11.2. The van der Waals surface area contributed by atoms with Crippen LogP contribution in [0.2, 0.25) is 0 Å². The number of esters is 1. The van der Waals surface area contributed by atoms with E-state index in [1.807, 2.05) is 13.8 Å². The molecular weight excluding hydrogens is 354 g/mol. The fourth-order valence-electron chi connectivity index (χ4n) is 2.04. The van der Waals surface area contributed by atoms with Crippen LogP contribution in [0.15, 0.2) is 0 Å². The monoisotopic (exact) mass is 387 g/mol. The fourth-order valence-corrected chi connectivity index (χ4v) is 2.04. The van der Waals surface area contributed by atoms with Crippen LogP contribution in [0, 0.1) is 5.92 Å². The van der Waals surface area contributed by atoms with Gasteiger partial charge in [0, 0.05) is 0 Å². The number of ketones is 1. The molecule has 2 atom stereocenters. The van der Waals surface area contributed by atoms with Crippen LogP contribution in [0.25, 0.3) is 0 Å². The molecule has 2 amide bonds. The van der Waals surface area contributed by atoms with Crippen molar-refractivity contribution in [3.63, 3.8) is 0 Å². The van der Waals surface area contributed by atoms with Crippen LogP contribution < -0.4 is 16.0 Å². The van der Waals surface area contributed by atoms with Crippen LogP contribution in [0.5, 0.6) is 0 Å². The first-order chi connectivity index (χ1) is 12.4. The lowest BCUT2D eigenvalue weighted by molar-refractivity contribution is -0.143. The molecule has 0 aliphatic rings. The summed E-state index contributed by atoms with van der Waals surface area (Å²) in [6, 6.07) is -1.44. The quantitative estimate of drug-likeness (QED) is 0.473. The lowest BCUT2D eigenvalue weighted by atomic mass is 10.0. The summed E-state index contributed by atoms with van der Waals surface area (Å²) in [6.07, 6.45) is -0.684. The van der Waals surface area contributed by atoms with Gasteiger partial charge in [0.05, 0.1) is 25.2 Å². The number of nitrogens with one attached hydrogen (secondary N) is 3. The molecule has 27 heavy (non-hydrogen) atoms. The van der Waals surface area contributed by atoms with E-state index in [-0.39, 0.29) is 31.4 Å². The van der Waals surface area contributed by atoms with Gasteiger partial charge in [-0.25, -0.2) is 4.79 Å². The van der Waals surface area contributed by atoms with Crippen LogP contribution in [0.4, 0.5) is 4.79 Å². The number of Topliss-reactive ketones (excluding diaryl/α,β-unsaturated/α-hetero) is 1. The number of carbonyl (C=O) groups excluding carboxylic acids is 4. The van der Waals surface area contributed by atoms with E-state index in [0.29, 0.717) is 0 Å². The highest BCUT2D eigenvalue weighted by molar-refractivity contribution is 5.90. The van der Waals surface area contributed by atoms with Crippen LogP contribution in [0.3, 0.4) is 0 Å². The summed E-state index contributed by atoms with van der Waals surface area (Å²) in [4.78, 5) is 47.5. The molecule has 0 fully saturated rings. The summed E-state index contributed by atoms with van der Waals surface area (Å²) in [5.74, 6) is -1.35. The van der Waals surface area contributed by atoms with Crippen LogP contribution >= 0.6 is 0 Å². The average Bonchev–Trinajstić information content (AvgIpc) is 2.50. The van der Waals surface area contributed by atoms with Crippen molar-refractivity contribution in [2.24, 2.45) is 5.92 Å². The maximum absolute atomic E-state index is 12.2. The Kier molecular flexibility index (Phi) is 10.6. The summed E-state index contributed by atoms with van der Waals surface area (Å²) in [5, 5.41) is 7.81. The third-order valence-electron chi connectivity index (χ3n) is 3.37. The van der Waals surface area contributed by atoms with Crippen LogP contribution in [-0.4, -0.2) is 61.1 Å². The van der Waals surface area contributed by atoms with E-state index in [1.54, 1.807) is 34.6 Å². The first-order valence-corrected chi connectivity index (χ1v) is 9.06. The van der Waals surface area contributed by atoms with Gasteiger partial charge in [-0.2, -0.15) is 0 Å². The molecule has 0 aliphatic carbocycles. The molecule has 3 N–H and O–H groups in total. The Balaban J connectivity index is 4.54. The average molecular weight is 387 g/mol. The standard InChI is InChI=1S/C18H33N3O6/c1-8-26-14(23)10-20-16(24)15(11(2)3)19-9-13(22)12(4)21-17(25)27-18(5,6)7/h11-12,15,19H,8-10H2,1-7H3,(H,20,24)(H,21,25)/t12-,15-/m0/s1. The molecule has 0 radical (unpaired) electrons. The number of hydrogen-bond acceptors (Lipinski definition) is 7. The second-order valence-corrected chi connectivity index (χ2v) is 7.46. The smallest absolute Gasteiger partial charge is 0.408 e. The summed E-state index contributed by atoms with van der Waals surface area (Å²) in [6.45, 7) is 11.9. The van der Waals surface area contributed by atoms with Crippen molar-refractivity contribution in [3.05, 3.63) is 0 Å². The highest BCUT2D eigenvalue weighted by atomic mass is 16.6. The predicted molar refractivity (Wildman–Crippen MR) is 100 cm³/mol. The summed E-state index contributed by atoms with van der Waals surface area (Å²) in [5.41, 5.74) is -0.662. The van der Waals surface area contributed by atoms with Crippen LogP contribution in [-0.2, 0) is 23.9 Å². The third-order valence-corrected chi connectivity index (χ3v) is 3.37. The second-order valence-electron chi connectivity index (χ2n) is 7.46. The van der Waals surface area contributed by atoms with E-state index in [0.717, 1.165) is 0 Å².